The molecule has 70 valence electrons. The number of aromatic amines is 1. The zero-order chi connectivity index (χ0) is 7.68. The predicted octanol–water partition coefficient (Wildman–Crippen LogP) is 1.77. The Kier molecular flexibility index (Phi) is 4.45. The van der Waals surface area contributed by atoms with E-state index in [0.717, 1.165) is 11.0 Å². The molecule has 3 nitrogen and oxygen atoms in total. The molecule has 13 heavy (non-hydrogen) atoms. The van der Waals surface area contributed by atoms with Crippen LogP contribution in [0, 0.1) is 0 Å². The smallest absolute Gasteiger partial charge is 0.248 e. The molecule has 0 atom stereocenters. The third kappa shape index (κ3) is 2.44. The van der Waals surface area contributed by atoms with Crippen LogP contribution in [0.4, 0.5) is 0 Å². The van der Waals surface area contributed by atoms with Crippen molar-refractivity contribution in [3.05, 3.63) is 40.8 Å². The van der Waals surface area contributed by atoms with Crippen LogP contribution in [0.25, 0.3) is 11.0 Å². The van der Waals surface area contributed by atoms with Gasteiger partial charge in [-0.15, -0.1) is 24.8 Å². The number of H-pyrrole nitrogens is 1. The minimum absolute atomic E-state index is 0. The summed E-state index contributed by atoms with van der Waals surface area (Å²) in [6, 6.07) is 6.78. The molecule has 0 bridgehead atoms. The van der Waals surface area contributed by atoms with E-state index in [1.165, 1.54) is 6.07 Å². The summed E-state index contributed by atoms with van der Waals surface area (Å²) in [5, 5.41) is 0. The number of nitrogens with zero attached hydrogens (tertiary/aromatic N) is 1. The van der Waals surface area contributed by atoms with Crippen molar-refractivity contribution in [1.29, 1.82) is 0 Å². The first-order chi connectivity index (χ1) is 5.36. The van der Waals surface area contributed by atoms with Gasteiger partial charge in [-0.05, 0) is 18.2 Å². The molecule has 2 rings (SSSR count). The van der Waals surface area contributed by atoms with Crippen molar-refractivity contribution in [2.45, 2.75) is 0 Å². The maximum absolute atomic E-state index is 10.8. The maximum atomic E-state index is 10.8. The first-order valence-electron chi connectivity index (χ1n) is 3.30. The van der Waals surface area contributed by atoms with Gasteiger partial charge < -0.3 is 4.98 Å². The largest absolute Gasteiger partial charge is 0.321 e. The Morgan fingerprint density at radius 2 is 1.92 bits per heavy atom. The number of rotatable bonds is 0. The molecule has 0 radical (unpaired) electrons. The summed E-state index contributed by atoms with van der Waals surface area (Å²) in [5.41, 5.74) is 1.50. The molecule has 0 aliphatic heterocycles. The van der Waals surface area contributed by atoms with E-state index in [9.17, 15) is 4.79 Å². The Morgan fingerprint density at radius 3 is 2.69 bits per heavy atom. The summed E-state index contributed by atoms with van der Waals surface area (Å²) in [5.74, 6) is 0. The molecular formula is C8H8Cl2N2O. The Labute approximate surface area is 87.0 Å². The van der Waals surface area contributed by atoms with Crippen LogP contribution in [-0.4, -0.2) is 9.97 Å². The summed E-state index contributed by atoms with van der Waals surface area (Å²) < 4.78 is 0. The van der Waals surface area contributed by atoms with Crippen molar-refractivity contribution in [2.75, 3.05) is 0 Å². The lowest BCUT2D eigenvalue weighted by molar-refractivity contribution is 1.27. The predicted molar refractivity (Wildman–Crippen MR) is 56.9 cm³/mol. The molecule has 2 aromatic heterocycles. The van der Waals surface area contributed by atoms with E-state index >= 15 is 0 Å². The second kappa shape index (κ2) is 4.84. The van der Waals surface area contributed by atoms with Crippen LogP contribution < -0.4 is 5.56 Å². The number of nitrogens with one attached hydrogen (secondary N) is 1. The fourth-order valence-corrected chi connectivity index (χ4v) is 0.985. The van der Waals surface area contributed by atoms with E-state index in [4.69, 9.17) is 0 Å². The van der Waals surface area contributed by atoms with Gasteiger partial charge in [-0.2, -0.15) is 0 Å². The van der Waals surface area contributed by atoms with Gasteiger partial charge in [-0.25, -0.2) is 0 Å². The van der Waals surface area contributed by atoms with Crippen molar-refractivity contribution in [2.24, 2.45) is 0 Å². The molecule has 5 heteroatoms. The van der Waals surface area contributed by atoms with E-state index in [-0.39, 0.29) is 30.4 Å². The van der Waals surface area contributed by atoms with Gasteiger partial charge in [0.05, 0.1) is 11.0 Å². The van der Waals surface area contributed by atoms with Crippen LogP contribution in [0.15, 0.2) is 35.3 Å². The molecule has 0 fully saturated rings. The molecule has 0 aliphatic carbocycles. The van der Waals surface area contributed by atoms with Gasteiger partial charge in [0.25, 0.3) is 0 Å². The van der Waals surface area contributed by atoms with Crippen LogP contribution in [0.2, 0.25) is 0 Å². The van der Waals surface area contributed by atoms with Crippen LogP contribution >= 0.6 is 24.8 Å². The lowest BCUT2D eigenvalue weighted by Crippen LogP contribution is -2.02. The van der Waals surface area contributed by atoms with Gasteiger partial charge in [-0.1, -0.05) is 0 Å². The molecule has 0 aliphatic rings. The molecular weight excluding hydrogens is 211 g/mol. The Balaban J connectivity index is 0.000000720. The van der Waals surface area contributed by atoms with E-state index in [1.54, 1.807) is 18.3 Å². The highest BCUT2D eigenvalue weighted by Gasteiger charge is 1.90. The highest BCUT2D eigenvalue weighted by molar-refractivity contribution is 5.85. The highest BCUT2D eigenvalue weighted by Crippen LogP contribution is 2.02. The standard InChI is InChI=1S/C8H6N2O.2ClH/c11-8-4-3-6-7(10-8)2-1-5-9-6;;/h1-5H,(H,10,11);2*1H. The first kappa shape index (κ1) is 11.9. The third-order valence-electron chi connectivity index (χ3n) is 1.49. The van der Waals surface area contributed by atoms with Gasteiger partial charge >= 0.3 is 0 Å². The average molecular weight is 219 g/mol. The number of fused-ring (bicyclic) bond motifs is 1. The first-order valence-corrected chi connectivity index (χ1v) is 3.30. The monoisotopic (exact) mass is 218 g/mol. The number of halogens is 2. The highest BCUT2D eigenvalue weighted by atomic mass is 35.5. The third-order valence-corrected chi connectivity index (χ3v) is 1.49. The fourth-order valence-electron chi connectivity index (χ4n) is 0.985. The molecule has 0 saturated carbocycles. The average Bonchev–Trinajstić information content (AvgIpc) is 2.04. The Bertz CT molecular complexity index is 441. The zero-order valence-corrected chi connectivity index (χ0v) is 8.19. The number of hydrogen-bond donors (Lipinski definition) is 1. The number of aromatic nitrogens is 2. The number of hydrogen-bond acceptors (Lipinski definition) is 2. The van der Waals surface area contributed by atoms with Crippen molar-refractivity contribution in [1.82, 2.24) is 9.97 Å². The second-order valence-electron chi connectivity index (χ2n) is 2.26. The van der Waals surface area contributed by atoms with Crippen LogP contribution in [-0.2, 0) is 0 Å². The van der Waals surface area contributed by atoms with Crippen LogP contribution in [0.5, 0.6) is 0 Å². The quantitative estimate of drug-likeness (QED) is 0.733. The van der Waals surface area contributed by atoms with Crippen molar-refractivity contribution in [3.63, 3.8) is 0 Å². The molecule has 0 spiro atoms. The molecule has 0 saturated heterocycles. The van der Waals surface area contributed by atoms with Crippen molar-refractivity contribution in [3.8, 4) is 0 Å². The Morgan fingerprint density at radius 1 is 1.15 bits per heavy atom. The van der Waals surface area contributed by atoms with Crippen LogP contribution in [0.3, 0.4) is 0 Å². The molecule has 0 amide bonds. The molecule has 2 heterocycles. The van der Waals surface area contributed by atoms with Gasteiger partial charge in [-0.3, -0.25) is 9.78 Å². The summed E-state index contributed by atoms with van der Waals surface area (Å²) in [6.45, 7) is 0. The SMILES string of the molecule is Cl.Cl.O=c1ccc2ncccc2[nH]1. The summed E-state index contributed by atoms with van der Waals surface area (Å²) in [7, 11) is 0. The van der Waals surface area contributed by atoms with Gasteiger partial charge in [0, 0.05) is 12.3 Å². The van der Waals surface area contributed by atoms with Gasteiger partial charge in [0.1, 0.15) is 0 Å². The summed E-state index contributed by atoms with van der Waals surface area (Å²) >= 11 is 0. The molecule has 0 unspecified atom stereocenters. The van der Waals surface area contributed by atoms with Crippen molar-refractivity contribution >= 4 is 35.8 Å². The van der Waals surface area contributed by atoms with Gasteiger partial charge in [0.15, 0.2) is 0 Å². The fraction of sp³-hybridized carbons (Fsp3) is 0. The Hall–Kier alpha value is -1.06. The maximum Gasteiger partial charge on any atom is 0.248 e. The van der Waals surface area contributed by atoms with Crippen LogP contribution in [0.1, 0.15) is 0 Å². The minimum Gasteiger partial charge on any atom is -0.321 e. The molecule has 0 aromatic carbocycles. The summed E-state index contributed by atoms with van der Waals surface area (Å²) in [6.07, 6.45) is 1.70. The van der Waals surface area contributed by atoms with E-state index < -0.39 is 0 Å². The topological polar surface area (TPSA) is 45.8 Å². The molecule has 1 N–H and O–H groups in total. The second-order valence-corrected chi connectivity index (χ2v) is 2.26. The lowest BCUT2D eigenvalue weighted by atomic mass is 10.3. The minimum atomic E-state index is -0.0921. The lowest BCUT2D eigenvalue weighted by Gasteiger charge is -1.92. The normalized spacial score (nSPS) is 8.62. The van der Waals surface area contributed by atoms with E-state index in [1.807, 2.05) is 6.07 Å². The van der Waals surface area contributed by atoms with Gasteiger partial charge in [0.2, 0.25) is 5.56 Å². The number of pyridine rings is 2. The van der Waals surface area contributed by atoms with E-state index in [0.29, 0.717) is 0 Å². The zero-order valence-electron chi connectivity index (χ0n) is 6.56. The van der Waals surface area contributed by atoms with Crippen molar-refractivity contribution < 1.29 is 0 Å². The molecule has 2 aromatic rings. The van der Waals surface area contributed by atoms with E-state index in [2.05, 4.69) is 9.97 Å². The summed E-state index contributed by atoms with van der Waals surface area (Å²) in [4.78, 5) is 17.5.